The molecule has 5 rings (SSSR count). The van der Waals surface area contributed by atoms with Gasteiger partial charge in [-0.2, -0.15) is 0 Å². The Morgan fingerprint density at radius 3 is 2.61 bits per heavy atom. The third-order valence-corrected chi connectivity index (χ3v) is 8.67. The fourth-order valence-electron chi connectivity index (χ4n) is 5.17. The van der Waals surface area contributed by atoms with Gasteiger partial charge in [-0.25, -0.2) is 0 Å². The first-order chi connectivity index (χ1) is 15.9. The van der Waals surface area contributed by atoms with Gasteiger partial charge in [0.2, 0.25) is 5.91 Å². The summed E-state index contributed by atoms with van der Waals surface area (Å²) in [7, 11) is 0. The Balaban J connectivity index is 1.54. The van der Waals surface area contributed by atoms with Crippen molar-refractivity contribution >= 4 is 45.0 Å². The molecule has 33 heavy (non-hydrogen) atoms. The van der Waals surface area contributed by atoms with Crippen molar-refractivity contribution in [3.05, 3.63) is 57.6 Å². The number of aromatic nitrogens is 1. The summed E-state index contributed by atoms with van der Waals surface area (Å²) in [6.45, 7) is 4.87. The van der Waals surface area contributed by atoms with Gasteiger partial charge < -0.3 is 14.8 Å². The van der Waals surface area contributed by atoms with Gasteiger partial charge in [0.1, 0.15) is 11.2 Å². The molecule has 1 atom stereocenters. The zero-order chi connectivity index (χ0) is 23.2. The van der Waals surface area contributed by atoms with Gasteiger partial charge in [-0.05, 0) is 56.0 Å². The van der Waals surface area contributed by atoms with E-state index in [1.54, 1.807) is 16.2 Å². The molecule has 1 aliphatic carbocycles. The molecule has 0 unspecified atom stereocenters. The quantitative estimate of drug-likeness (QED) is 0.500. The highest BCUT2D eigenvalue weighted by Gasteiger charge is 2.48. The summed E-state index contributed by atoms with van der Waals surface area (Å²) < 4.78 is 3.17. The summed E-state index contributed by atoms with van der Waals surface area (Å²) in [6.07, 6.45) is 6.50. The van der Waals surface area contributed by atoms with Crippen LogP contribution in [0.3, 0.4) is 0 Å². The van der Waals surface area contributed by atoms with Crippen LogP contribution in [0, 0.1) is 0 Å². The van der Waals surface area contributed by atoms with Crippen LogP contribution >= 0.6 is 22.9 Å². The van der Waals surface area contributed by atoms with Crippen LogP contribution in [0.2, 0.25) is 5.02 Å². The van der Waals surface area contributed by atoms with Crippen molar-refractivity contribution in [2.45, 2.75) is 77.0 Å². The zero-order valence-corrected chi connectivity index (χ0v) is 20.8. The van der Waals surface area contributed by atoms with Crippen LogP contribution in [-0.2, 0) is 24.3 Å². The summed E-state index contributed by atoms with van der Waals surface area (Å²) in [4.78, 5) is 30.7. The number of hydrogen-bond donors (Lipinski definition) is 1. The van der Waals surface area contributed by atoms with E-state index in [9.17, 15) is 9.59 Å². The summed E-state index contributed by atoms with van der Waals surface area (Å²) in [6, 6.07) is 11.9. The lowest BCUT2D eigenvalue weighted by molar-refractivity contribution is -0.134. The van der Waals surface area contributed by atoms with E-state index in [-0.39, 0.29) is 17.9 Å². The van der Waals surface area contributed by atoms with Crippen molar-refractivity contribution in [1.82, 2.24) is 14.8 Å². The van der Waals surface area contributed by atoms with Crippen molar-refractivity contribution < 1.29 is 9.59 Å². The second kappa shape index (κ2) is 8.80. The predicted molar refractivity (Wildman–Crippen MR) is 134 cm³/mol. The topological polar surface area (TPSA) is 54.3 Å². The maximum absolute atomic E-state index is 13.8. The molecule has 2 aliphatic rings. The van der Waals surface area contributed by atoms with Crippen LogP contribution in [-0.4, -0.2) is 32.9 Å². The molecule has 174 valence electrons. The number of rotatable bonds is 5. The highest BCUT2D eigenvalue weighted by Crippen LogP contribution is 2.37. The van der Waals surface area contributed by atoms with Crippen LogP contribution in [0.15, 0.2) is 36.4 Å². The minimum Gasteiger partial charge on any atom is -0.351 e. The van der Waals surface area contributed by atoms with Crippen molar-refractivity contribution in [3.8, 4) is 0 Å². The monoisotopic (exact) mass is 483 g/mol. The summed E-state index contributed by atoms with van der Waals surface area (Å²) >= 11 is 7.81. The minimum atomic E-state index is -0.985. The second-order valence-electron chi connectivity index (χ2n) is 9.53. The van der Waals surface area contributed by atoms with E-state index in [0.29, 0.717) is 23.8 Å². The molecule has 1 N–H and O–H groups in total. The summed E-state index contributed by atoms with van der Waals surface area (Å²) in [5.74, 6) is -0.158. The molecule has 1 aromatic carbocycles. The molecule has 0 radical (unpaired) electrons. The van der Waals surface area contributed by atoms with Crippen molar-refractivity contribution in [3.63, 3.8) is 0 Å². The Kier molecular flexibility index (Phi) is 6.00. The first kappa shape index (κ1) is 22.5. The Bertz CT molecular complexity index is 1190. The van der Waals surface area contributed by atoms with Gasteiger partial charge in [0.25, 0.3) is 5.91 Å². The number of benzene rings is 1. The van der Waals surface area contributed by atoms with Crippen LogP contribution in [0.5, 0.6) is 0 Å². The van der Waals surface area contributed by atoms with Crippen molar-refractivity contribution in [2.75, 3.05) is 0 Å². The van der Waals surface area contributed by atoms with E-state index in [1.165, 1.54) is 11.3 Å². The average molecular weight is 484 g/mol. The molecule has 1 aliphatic heterocycles. The third-order valence-electron chi connectivity index (χ3n) is 7.20. The molecule has 1 fully saturated rings. The number of fused-ring (bicyclic) bond motifs is 3. The molecule has 0 spiro atoms. The molecular weight excluding hydrogens is 454 g/mol. The number of hydrogen-bond acceptors (Lipinski definition) is 3. The largest absolute Gasteiger partial charge is 0.351 e. The lowest BCUT2D eigenvalue weighted by atomic mass is 9.91. The predicted octanol–water partition coefficient (Wildman–Crippen LogP) is 5.78. The number of aryl methyl sites for hydroxylation is 1. The maximum atomic E-state index is 13.8. The molecule has 1 saturated carbocycles. The average Bonchev–Trinajstić information content (AvgIpc) is 3.37. The zero-order valence-electron chi connectivity index (χ0n) is 19.2. The number of thiophene rings is 1. The molecule has 5 nitrogen and oxygen atoms in total. The van der Waals surface area contributed by atoms with Gasteiger partial charge in [-0.1, -0.05) is 49.9 Å². The van der Waals surface area contributed by atoms with Gasteiger partial charge >= 0.3 is 0 Å². The van der Waals surface area contributed by atoms with E-state index in [1.807, 2.05) is 37.3 Å². The number of halogens is 1. The van der Waals surface area contributed by atoms with Crippen molar-refractivity contribution in [2.24, 2.45) is 0 Å². The first-order valence-electron chi connectivity index (χ1n) is 11.9. The Morgan fingerprint density at radius 2 is 1.91 bits per heavy atom. The standard InChI is InChI=1S/C26H30ClN3O2S/c1-3-20-13-21-23(33-20)14-22-24(31)30(15-17-9-11-18(27)12-10-17)26(2,16-29(21)22)25(32)28-19-7-5-4-6-8-19/h9-14,19H,3-8,15-16H2,1-2H3,(H,28,32)/t26-/m0/s1. The molecule has 0 bridgehead atoms. The van der Waals surface area contributed by atoms with E-state index < -0.39 is 5.54 Å². The molecule has 2 amide bonds. The van der Waals surface area contributed by atoms with E-state index in [0.717, 1.165) is 47.9 Å². The molecule has 3 aromatic rings. The van der Waals surface area contributed by atoms with Crippen LogP contribution in [0.1, 0.15) is 66.9 Å². The normalized spacial score (nSPS) is 21.4. The lowest BCUT2D eigenvalue weighted by Crippen LogP contribution is -2.64. The Labute approximate surface area is 203 Å². The van der Waals surface area contributed by atoms with E-state index >= 15 is 0 Å². The molecule has 0 saturated heterocycles. The third kappa shape index (κ3) is 4.08. The van der Waals surface area contributed by atoms with Gasteiger partial charge in [-0.15, -0.1) is 11.3 Å². The van der Waals surface area contributed by atoms with Gasteiger partial charge in [-0.3, -0.25) is 9.59 Å². The first-order valence-corrected chi connectivity index (χ1v) is 13.1. The van der Waals surface area contributed by atoms with Crippen LogP contribution in [0.4, 0.5) is 0 Å². The number of amides is 2. The summed E-state index contributed by atoms with van der Waals surface area (Å²) in [5.41, 5.74) is 1.69. The van der Waals surface area contributed by atoms with Gasteiger partial charge in [0, 0.05) is 22.5 Å². The SMILES string of the molecule is CCc1cc2c(cc3n2C[C@@](C)(C(=O)NC2CCCCC2)N(Cc2ccc(Cl)cc2)C3=O)s1. The fourth-order valence-corrected chi connectivity index (χ4v) is 6.34. The fraction of sp³-hybridized carbons (Fsp3) is 0.462. The second-order valence-corrected chi connectivity index (χ2v) is 11.1. The summed E-state index contributed by atoms with van der Waals surface area (Å²) in [5, 5.41) is 3.95. The van der Waals surface area contributed by atoms with Crippen molar-refractivity contribution in [1.29, 1.82) is 0 Å². The molecular formula is C26H30ClN3O2S. The number of nitrogens with zero attached hydrogens (tertiary/aromatic N) is 2. The van der Waals surface area contributed by atoms with Gasteiger partial charge in [0.05, 0.1) is 16.8 Å². The minimum absolute atomic E-state index is 0.0600. The Hall–Kier alpha value is -2.31. The molecule has 3 heterocycles. The molecule has 7 heteroatoms. The van der Waals surface area contributed by atoms with Gasteiger partial charge in [0.15, 0.2) is 0 Å². The highest BCUT2D eigenvalue weighted by molar-refractivity contribution is 7.19. The number of carbonyl (C=O) groups excluding carboxylic acids is 2. The number of carbonyl (C=O) groups is 2. The lowest BCUT2D eigenvalue weighted by Gasteiger charge is -2.45. The van der Waals surface area contributed by atoms with Crippen LogP contribution in [0.25, 0.3) is 10.2 Å². The number of nitrogens with one attached hydrogen (secondary N) is 1. The van der Waals surface area contributed by atoms with Crippen LogP contribution < -0.4 is 5.32 Å². The van der Waals surface area contributed by atoms with E-state index in [2.05, 4.69) is 22.9 Å². The highest BCUT2D eigenvalue weighted by atomic mass is 35.5. The maximum Gasteiger partial charge on any atom is 0.271 e. The Morgan fingerprint density at radius 1 is 1.18 bits per heavy atom. The molecule has 2 aromatic heterocycles. The smallest absolute Gasteiger partial charge is 0.271 e. The van der Waals surface area contributed by atoms with E-state index in [4.69, 9.17) is 11.6 Å².